The second-order valence-corrected chi connectivity index (χ2v) is 8.17. The maximum absolute atomic E-state index is 10.6. The third-order valence-electron chi connectivity index (χ3n) is 5.29. The summed E-state index contributed by atoms with van der Waals surface area (Å²) in [5.41, 5.74) is 3.48. The molecule has 2 N–H and O–H groups in total. The summed E-state index contributed by atoms with van der Waals surface area (Å²) in [5.74, 6) is -4.70. The molecule has 10 nitrogen and oxygen atoms in total. The molecule has 1 aliphatic heterocycles. The van der Waals surface area contributed by atoms with E-state index in [2.05, 4.69) is 30.9 Å². The lowest BCUT2D eigenvalue weighted by atomic mass is 10.0. The van der Waals surface area contributed by atoms with Crippen LogP contribution in [0, 0.1) is 5.92 Å². The van der Waals surface area contributed by atoms with Crippen molar-refractivity contribution in [3.05, 3.63) is 41.5 Å². The number of ether oxygens (including phenoxy) is 1. The van der Waals surface area contributed by atoms with E-state index in [1.807, 2.05) is 18.3 Å². The van der Waals surface area contributed by atoms with Crippen molar-refractivity contribution in [2.24, 2.45) is 5.92 Å². The zero-order valence-electron chi connectivity index (χ0n) is 19.5. The lowest BCUT2D eigenvalue weighted by Gasteiger charge is -2.34. The molecule has 2 aromatic rings. The summed E-state index contributed by atoms with van der Waals surface area (Å²) < 4.78 is 71.1. The highest BCUT2D eigenvalue weighted by atomic mass is 19.4. The molecule has 206 valence electrons. The fourth-order valence-electron chi connectivity index (χ4n) is 3.36. The first-order chi connectivity index (χ1) is 17.2. The molecule has 2 aliphatic rings. The van der Waals surface area contributed by atoms with Gasteiger partial charge in [0, 0.05) is 39.4 Å². The molecule has 1 fully saturated rings. The van der Waals surface area contributed by atoms with Crippen LogP contribution >= 0.6 is 0 Å². The summed E-state index contributed by atoms with van der Waals surface area (Å²) in [6.45, 7) is 3.49. The Morgan fingerprint density at radius 2 is 1.68 bits per heavy atom. The minimum atomic E-state index is -5.08. The van der Waals surface area contributed by atoms with Gasteiger partial charge in [-0.25, -0.2) is 14.3 Å². The van der Waals surface area contributed by atoms with Crippen LogP contribution in [-0.4, -0.2) is 79.6 Å². The molecular formula is C21H25F6N5O5. The number of alkyl halides is 6. The maximum Gasteiger partial charge on any atom is 0.490 e. The van der Waals surface area contributed by atoms with Gasteiger partial charge in [0.25, 0.3) is 0 Å². The largest absolute Gasteiger partial charge is 0.490 e. The Bertz CT molecular complexity index is 1000. The molecule has 37 heavy (non-hydrogen) atoms. The van der Waals surface area contributed by atoms with Crippen LogP contribution < -0.4 is 0 Å². The van der Waals surface area contributed by atoms with Gasteiger partial charge < -0.3 is 14.9 Å². The minimum absolute atomic E-state index is 0.165. The number of rotatable bonds is 6. The van der Waals surface area contributed by atoms with Gasteiger partial charge in [-0.1, -0.05) is 11.3 Å². The number of aliphatic carboxylic acids is 2. The van der Waals surface area contributed by atoms with Crippen molar-refractivity contribution in [1.82, 2.24) is 24.9 Å². The monoisotopic (exact) mass is 541 g/mol. The molecule has 3 heterocycles. The number of methoxy groups -OCH3 is 1. The van der Waals surface area contributed by atoms with Crippen molar-refractivity contribution < 1.29 is 50.9 Å². The molecule has 4 rings (SSSR count). The number of carboxylic acid groups (broad SMARTS) is 2. The van der Waals surface area contributed by atoms with Gasteiger partial charge in [0.15, 0.2) is 0 Å². The highest BCUT2D eigenvalue weighted by Crippen LogP contribution is 2.34. The second kappa shape index (κ2) is 12.8. The quantitative estimate of drug-likeness (QED) is 0.530. The average molecular weight is 541 g/mol. The van der Waals surface area contributed by atoms with Crippen molar-refractivity contribution in [2.45, 2.75) is 50.7 Å². The molecule has 2 aromatic heterocycles. The molecule has 0 aromatic carbocycles. The smallest absolute Gasteiger partial charge is 0.475 e. The van der Waals surface area contributed by atoms with Crippen LogP contribution in [0.3, 0.4) is 0 Å². The SMILES string of the molecule is COCC1c2nnn(CC3CC3)c2CCN1Cc1ccccn1.O=C(O)C(F)(F)F.O=C(O)C(F)(F)F. The summed E-state index contributed by atoms with van der Waals surface area (Å²) in [4.78, 5) is 24.7. The van der Waals surface area contributed by atoms with Crippen LogP contribution in [-0.2, 0) is 33.8 Å². The Morgan fingerprint density at radius 1 is 1.08 bits per heavy atom. The van der Waals surface area contributed by atoms with E-state index >= 15 is 0 Å². The van der Waals surface area contributed by atoms with Crippen molar-refractivity contribution >= 4 is 11.9 Å². The minimum Gasteiger partial charge on any atom is -0.475 e. The first kappa shape index (κ1) is 30.0. The van der Waals surface area contributed by atoms with Gasteiger partial charge in [-0.15, -0.1) is 5.10 Å². The van der Waals surface area contributed by atoms with Crippen molar-refractivity contribution in [3.63, 3.8) is 0 Å². The molecule has 1 saturated carbocycles. The van der Waals surface area contributed by atoms with E-state index in [0.29, 0.717) is 6.61 Å². The predicted molar refractivity (Wildman–Crippen MR) is 113 cm³/mol. The van der Waals surface area contributed by atoms with Crippen LogP contribution in [0.5, 0.6) is 0 Å². The molecule has 16 heteroatoms. The number of nitrogens with zero attached hydrogens (tertiary/aromatic N) is 5. The van der Waals surface area contributed by atoms with E-state index < -0.39 is 24.3 Å². The molecule has 1 unspecified atom stereocenters. The zero-order valence-corrected chi connectivity index (χ0v) is 19.5. The number of pyridine rings is 1. The Kier molecular flexibility index (Phi) is 10.4. The van der Waals surface area contributed by atoms with Crippen molar-refractivity contribution in [1.29, 1.82) is 0 Å². The number of hydrogen-bond acceptors (Lipinski definition) is 7. The van der Waals surface area contributed by atoms with Gasteiger partial charge in [-0.3, -0.25) is 9.88 Å². The van der Waals surface area contributed by atoms with Gasteiger partial charge >= 0.3 is 24.3 Å². The highest BCUT2D eigenvalue weighted by Gasteiger charge is 2.39. The summed E-state index contributed by atoms with van der Waals surface area (Å²) in [5, 5.41) is 23.2. The van der Waals surface area contributed by atoms with Crippen LogP contribution in [0.4, 0.5) is 26.3 Å². The molecule has 1 aliphatic carbocycles. The van der Waals surface area contributed by atoms with E-state index in [1.165, 1.54) is 18.5 Å². The summed E-state index contributed by atoms with van der Waals surface area (Å²) in [6.07, 6.45) is -4.64. The van der Waals surface area contributed by atoms with Crippen LogP contribution in [0.1, 0.15) is 36.0 Å². The molecule has 0 saturated heterocycles. The molecule has 1 atom stereocenters. The number of fused-ring (bicyclic) bond motifs is 1. The lowest BCUT2D eigenvalue weighted by Crippen LogP contribution is -2.38. The van der Waals surface area contributed by atoms with E-state index in [4.69, 9.17) is 24.5 Å². The third-order valence-corrected chi connectivity index (χ3v) is 5.29. The number of hydrogen-bond donors (Lipinski definition) is 2. The molecule has 0 bridgehead atoms. The average Bonchev–Trinajstić information content (AvgIpc) is 3.54. The number of halogens is 6. The highest BCUT2D eigenvalue weighted by molar-refractivity contribution is 5.73. The zero-order chi connectivity index (χ0) is 27.8. The van der Waals surface area contributed by atoms with Gasteiger partial charge in [-0.05, 0) is 30.9 Å². The van der Waals surface area contributed by atoms with Crippen molar-refractivity contribution in [3.8, 4) is 0 Å². The molecule has 0 spiro atoms. The fraction of sp³-hybridized carbons (Fsp3) is 0.571. The van der Waals surface area contributed by atoms with Gasteiger partial charge in [0.1, 0.15) is 5.69 Å². The van der Waals surface area contributed by atoms with Gasteiger partial charge in [0.2, 0.25) is 0 Å². The Morgan fingerprint density at radius 3 is 2.14 bits per heavy atom. The standard InChI is InChI=1S/C17H23N5O.2C2HF3O2/c1-23-12-16-17-15(22(20-19-17)10-13-5-6-13)7-9-21(16)11-14-4-2-3-8-18-14;2*3-2(4,5)1(6)7/h2-4,8,13,16H,5-7,9-12H2,1H3;2*(H,6,7). The third kappa shape index (κ3) is 9.60. The van der Waals surface area contributed by atoms with Crippen molar-refractivity contribution in [2.75, 3.05) is 20.3 Å². The molecule has 0 amide bonds. The maximum atomic E-state index is 10.6. The summed E-state index contributed by atoms with van der Waals surface area (Å²) >= 11 is 0. The number of carbonyl (C=O) groups is 2. The van der Waals surface area contributed by atoms with Gasteiger partial charge in [-0.2, -0.15) is 26.3 Å². The summed E-state index contributed by atoms with van der Waals surface area (Å²) in [7, 11) is 1.75. The first-order valence-electron chi connectivity index (χ1n) is 10.9. The summed E-state index contributed by atoms with van der Waals surface area (Å²) in [6, 6.07) is 6.23. The normalized spacial score (nSPS) is 17.5. The lowest BCUT2D eigenvalue weighted by molar-refractivity contribution is -0.193. The van der Waals surface area contributed by atoms with Crippen LogP contribution in [0.15, 0.2) is 24.4 Å². The Labute approximate surface area is 206 Å². The second-order valence-electron chi connectivity index (χ2n) is 8.17. The number of carboxylic acids is 2. The van der Waals surface area contributed by atoms with E-state index in [1.54, 1.807) is 7.11 Å². The fourth-order valence-corrected chi connectivity index (χ4v) is 3.36. The van der Waals surface area contributed by atoms with E-state index in [9.17, 15) is 26.3 Å². The first-order valence-corrected chi connectivity index (χ1v) is 10.9. The predicted octanol–water partition coefficient (Wildman–Crippen LogP) is 3.10. The molecule has 0 radical (unpaired) electrons. The van der Waals surface area contributed by atoms with Gasteiger partial charge in [0.05, 0.1) is 24.0 Å². The van der Waals surface area contributed by atoms with E-state index in [0.717, 1.165) is 43.4 Å². The van der Waals surface area contributed by atoms with Crippen LogP contribution in [0.25, 0.3) is 0 Å². The number of aromatic nitrogens is 4. The van der Waals surface area contributed by atoms with E-state index in [-0.39, 0.29) is 6.04 Å². The Hall–Kier alpha value is -3.27. The molecular weight excluding hydrogens is 516 g/mol. The van der Waals surface area contributed by atoms with Crippen LogP contribution in [0.2, 0.25) is 0 Å². The topological polar surface area (TPSA) is 131 Å². The Balaban J connectivity index is 0.000000286.